The predicted octanol–water partition coefficient (Wildman–Crippen LogP) is 4.94. The molecule has 0 radical (unpaired) electrons. The standard InChI is InChI=1S/C17H10F3N3O2S/c18-17(19,20)16-22-15(23-25-16)10-5-7-11(8-6-10)24-9-14-21-12-3-1-2-4-13(12)26-14/h1-8H,9H2. The quantitative estimate of drug-likeness (QED) is 0.504. The number of fused-ring (bicyclic) bond motifs is 1. The fourth-order valence-electron chi connectivity index (χ4n) is 2.28. The van der Waals surface area contributed by atoms with Gasteiger partial charge in [-0.2, -0.15) is 18.2 Å². The summed E-state index contributed by atoms with van der Waals surface area (Å²) in [6, 6.07) is 14.2. The van der Waals surface area contributed by atoms with Crippen molar-refractivity contribution in [3.05, 3.63) is 59.4 Å². The Hall–Kier alpha value is -2.94. The highest BCUT2D eigenvalue weighted by molar-refractivity contribution is 7.18. The first-order valence-electron chi connectivity index (χ1n) is 7.47. The highest BCUT2D eigenvalue weighted by Crippen LogP contribution is 2.30. The minimum absolute atomic E-state index is 0.130. The first kappa shape index (κ1) is 16.5. The highest BCUT2D eigenvalue weighted by atomic mass is 32.1. The number of para-hydroxylation sites is 1. The molecule has 0 aliphatic carbocycles. The van der Waals surface area contributed by atoms with Gasteiger partial charge in [0.2, 0.25) is 5.82 Å². The van der Waals surface area contributed by atoms with E-state index in [1.54, 1.807) is 35.6 Å². The predicted molar refractivity (Wildman–Crippen MR) is 88.7 cm³/mol. The smallest absolute Gasteiger partial charge is 0.471 e. The van der Waals surface area contributed by atoms with E-state index in [1.165, 1.54) is 0 Å². The Morgan fingerprint density at radius 3 is 2.46 bits per heavy atom. The van der Waals surface area contributed by atoms with Gasteiger partial charge in [-0.15, -0.1) is 11.3 Å². The van der Waals surface area contributed by atoms with E-state index in [0.29, 0.717) is 17.9 Å². The molecule has 0 aliphatic rings. The SMILES string of the molecule is FC(F)(F)c1nc(-c2ccc(OCc3nc4ccccc4s3)cc2)no1. The van der Waals surface area contributed by atoms with Crippen molar-refractivity contribution in [1.82, 2.24) is 15.1 Å². The molecule has 9 heteroatoms. The van der Waals surface area contributed by atoms with Crippen LogP contribution in [0.4, 0.5) is 13.2 Å². The third-order valence-corrected chi connectivity index (χ3v) is 4.49. The third kappa shape index (κ3) is 3.38. The van der Waals surface area contributed by atoms with Crippen molar-refractivity contribution in [3.8, 4) is 17.1 Å². The van der Waals surface area contributed by atoms with Crippen molar-refractivity contribution in [2.24, 2.45) is 0 Å². The zero-order valence-corrected chi connectivity index (χ0v) is 13.8. The Morgan fingerprint density at radius 2 is 1.77 bits per heavy atom. The summed E-state index contributed by atoms with van der Waals surface area (Å²) in [6.45, 7) is 0.305. The molecule has 2 aromatic carbocycles. The van der Waals surface area contributed by atoms with Crippen LogP contribution in [0.2, 0.25) is 0 Å². The van der Waals surface area contributed by atoms with Crippen LogP contribution < -0.4 is 4.74 Å². The molecule has 0 bridgehead atoms. The normalized spacial score (nSPS) is 11.8. The molecule has 5 nitrogen and oxygen atoms in total. The van der Waals surface area contributed by atoms with Crippen molar-refractivity contribution < 1.29 is 22.4 Å². The molecule has 0 spiro atoms. The van der Waals surface area contributed by atoms with Crippen LogP contribution >= 0.6 is 11.3 Å². The van der Waals surface area contributed by atoms with Crippen molar-refractivity contribution in [1.29, 1.82) is 0 Å². The number of alkyl halides is 3. The van der Waals surface area contributed by atoms with Crippen molar-refractivity contribution >= 4 is 21.6 Å². The molecule has 4 aromatic rings. The highest BCUT2D eigenvalue weighted by Gasteiger charge is 2.38. The molecule has 0 aliphatic heterocycles. The van der Waals surface area contributed by atoms with Crippen LogP contribution in [-0.4, -0.2) is 15.1 Å². The van der Waals surface area contributed by atoms with E-state index in [2.05, 4.69) is 19.6 Å². The zero-order chi connectivity index (χ0) is 18.1. The van der Waals surface area contributed by atoms with Crippen molar-refractivity contribution in [3.63, 3.8) is 0 Å². The first-order valence-corrected chi connectivity index (χ1v) is 8.29. The summed E-state index contributed by atoms with van der Waals surface area (Å²) < 4.78 is 48.5. The van der Waals surface area contributed by atoms with Crippen LogP contribution in [0.5, 0.6) is 5.75 Å². The van der Waals surface area contributed by atoms with Gasteiger partial charge in [-0.25, -0.2) is 4.98 Å². The number of hydrogen-bond donors (Lipinski definition) is 0. The number of thiazole rings is 1. The molecule has 0 atom stereocenters. The van der Waals surface area contributed by atoms with Crippen LogP contribution in [-0.2, 0) is 12.8 Å². The molecular weight excluding hydrogens is 367 g/mol. The van der Waals surface area contributed by atoms with Crippen molar-refractivity contribution in [2.75, 3.05) is 0 Å². The summed E-state index contributed by atoms with van der Waals surface area (Å²) in [5, 5.41) is 4.18. The Balaban J connectivity index is 1.45. The fourth-order valence-corrected chi connectivity index (χ4v) is 3.16. The molecule has 0 fully saturated rings. The number of aromatic nitrogens is 3. The topological polar surface area (TPSA) is 61.0 Å². The largest absolute Gasteiger partial charge is 0.486 e. The number of rotatable bonds is 4. The van der Waals surface area contributed by atoms with Crippen LogP contribution in [0, 0.1) is 0 Å². The number of hydrogen-bond acceptors (Lipinski definition) is 6. The van der Waals surface area contributed by atoms with E-state index in [1.807, 2.05) is 24.3 Å². The summed E-state index contributed by atoms with van der Waals surface area (Å²) in [5.74, 6) is -0.939. The number of halogens is 3. The van der Waals surface area contributed by atoms with Crippen LogP contribution in [0.15, 0.2) is 53.1 Å². The molecule has 26 heavy (non-hydrogen) atoms. The lowest BCUT2D eigenvalue weighted by Gasteiger charge is -2.04. The maximum atomic E-state index is 12.5. The molecule has 0 unspecified atom stereocenters. The Labute approximate surface area is 149 Å². The minimum Gasteiger partial charge on any atom is -0.486 e. The summed E-state index contributed by atoms with van der Waals surface area (Å²) in [5.41, 5.74) is 1.32. The van der Waals surface area contributed by atoms with Gasteiger partial charge in [0.05, 0.1) is 10.2 Å². The summed E-state index contributed by atoms with van der Waals surface area (Å²) >= 11 is 1.55. The van der Waals surface area contributed by atoms with Crippen LogP contribution in [0.1, 0.15) is 10.9 Å². The van der Waals surface area contributed by atoms with E-state index in [9.17, 15) is 13.2 Å². The molecule has 0 N–H and O–H groups in total. The van der Waals surface area contributed by atoms with Crippen molar-refractivity contribution in [2.45, 2.75) is 12.8 Å². The maximum absolute atomic E-state index is 12.5. The molecule has 4 rings (SSSR count). The van der Waals surface area contributed by atoms with E-state index in [-0.39, 0.29) is 5.82 Å². The summed E-state index contributed by atoms with van der Waals surface area (Å²) in [6.07, 6.45) is -4.66. The maximum Gasteiger partial charge on any atom is 0.471 e. The average Bonchev–Trinajstić information content (AvgIpc) is 3.27. The molecule has 2 heterocycles. The van der Waals surface area contributed by atoms with Crippen LogP contribution in [0.3, 0.4) is 0 Å². The second-order valence-corrected chi connectivity index (χ2v) is 6.42. The first-order chi connectivity index (χ1) is 12.5. The third-order valence-electron chi connectivity index (χ3n) is 3.48. The molecule has 132 valence electrons. The molecule has 0 amide bonds. The Bertz CT molecular complexity index is 1010. The van der Waals surface area contributed by atoms with E-state index < -0.39 is 12.1 Å². The van der Waals surface area contributed by atoms with Crippen LogP contribution in [0.25, 0.3) is 21.6 Å². The van der Waals surface area contributed by atoms with Gasteiger partial charge in [0.15, 0.2) is 0 Å². The Morgan fingerprint density at radius 1 is 1.00 bits per heavy atom. The lowest BCUT2D eigenvalue weighted by molar-refractivity contribution is -0.159. The lowest BCUT2D eigenvalue weighted by Crippen LogP contribution is -2.04. The number of ether oxygens (including phenoxy) is 1. The van der Waals surface area contributed by atoms with Gasteiger partial charge in [-0.05, 0) is 36.4 Å². The molecule has 0 saturated carbocycles. The van der Waals surface area contributed by atoms with Gasteiger partial charge in [0.25, 0.3) is 0 Å². The number of nitrogens with zero attached hydrogens (tertiary/aromatic N) is 3. The summed E-state index contributed by atoms with van der Waals surface area (Å²) in [7, 11) is 0. The van der Waals surface area contributed by atoms with Gasteiger partial charge in [0, 0.05) is 5.56 Å². The second kappa shape index (κ2) is 6.41. The van der Waals surface area contributed by atoms with E-state index in [0.717, 1.165) is 15.2 Å². The van der Waals surface area contributed by atoms with Gasteiger partial charge < -0.3 is 9.26 Å². The molecule has 0 saturated heterocycles. The fraction of sp³-hybridized carbons (Fsp3) is 0.118. The lowest BCUT2D eigenvalue weighted by atomic mass is 10.2. The zero-order valence-electron chi connectivity index (χ0n) is 13.0. The van der Waals surface area contributed by atoms with E-state index in [4.69, 9.17) is 4.74 Å². The number of benzene rings is 2. The van der Waals surface area contributed by atoms with Gasteiger partial charge >= 0.3 is 12.1 Å². The second-order valence-electron chi connectivity index (χ2n) is 5.31. The van der Waals surface area contributed by atoms with E-state index >= 15 is 0 Å². The molecule has 2 aromatic heterocycles. The minimum atomic E-state index is -4.66. The van der Waals surface area contributed by atoms with Gasteiger partial charge in [-0.3, -0.25) is 0 Å². The van der Waals surface area contributed by atoms with Gasteiger partial charge in [-0.1, -0.05) is 17.3 Å². The Kier molecular flexibility index (Phi) is 4.08. The van der Waals surface area contributed by atoms with Gasteiger partial charge in [0.1, 0.15) is 17.4 Å². The average molecular weight is 377 g/mol. The summed E-state index contributed by atoms with van der Waals surface area (Å²) in [4.78, 5) is 7.82. The monoisotopic (exact) mass is 377 g/mol. The molecular formula is C17H10F3N3O2S.